The van der Waals surface area contributed by atoms with Crippen molar-refractivity contribution in [2.45, 2.75) is 32.4 Å². The molecule has 2 saturated heterocycles. The third-order valence-corrected chi connectivity index (χ3v) is 6.09. The first-order chi connectivity index (χ1) is 14.1. The molecule has 0 saturated carbocycles. The fraction of sp³-hybridized carbons (Fsp3) is 0.500. The first-order valence-corrected chi connectivity index (χ1v) is 10.1. The Balaban J connectivity index is 1.47. The van der Waals surface area contributed by atoms with Crippen LogP contribution < -0.4 is 9.47 Å². The number of hydrogen-bond donors (Lipinski definition) is 0. The molecule has 2 aromatic rings. The largest absolute Gasteiger partial charge is 0.493 e. The molecule has 2 aliphatic rings. The van der Waals surface area contributed by atoms with E-state index in [-0.39, 0.29) is 11.3 Å². The van der Waals surface area contributed by atoms with Gasteiger partial charge < -0.3 is 14.4 Å². The van der Waals surface area contributed by atoms with E-state index in [2.05, 4.69) is 14.9 Å². The second-order valence-electron chi connectivity index (χ2n) is 7.89. The van der Waals surface area contributed by atoms with Gasteiger partial charge in [0.15, 0.2) is 11.5 Å². The molecule has 7 nitrogen and oxygen atoms in total. The Labute approximate surface area is 171 Å². The summed E-state index contributed by atoms with van der Waals surface area (Å²) in [6.07, 6.45) is 6.40. The molecule has 1 aromatic heterocycles. The number of piperidine rings is 1. The molecule has 29 heavy (non-hydrogen) atoms. The molecule has 1 amide bonds. The van der Waals surface area contributed by atoms with E-state index in [1.807, 2.05) is 29.2 Å². The third kappa shape index (κ3) is 3.92. The van der Waals surface area contributed by atoms with Crippen molar-refractivity contribution < 1.29 is 14.3 Å². The summed E-state index contributed by atoms with van der Waals surface area (Å²) in [6.45, 7) is 3.70. The van der Waals surface area contributed by atoms with Crippen LogP contribution in [0.5, 0.6) is 11.5 Å². The first kappa shape index (κ1) is 19.6. The van der Waals surface area contributed by atoms with Crippen molar-refractivity contribution in [3.8, 4) is 11.5 Å². The van der Waals surface area contributed by atoms with E-state index >= 15 is 0 Å². The van der Waals surface area contributed by atoms with Crippen LogP contribution in [0.15, 0.2) is 36.7 Å². The highest BCUT2D eigenvalue weighted by Gasteiger charge is 2.48. The van der Waals surface area contributed by atoms with Crippen LogP contribution in [0.1, 0.15) is 30.7 Å². The summed E-state index contributed by atoms with van der Waals surface area (Å²) in [5.41, 5.74) is 0.684. The van der Waals surface area contributed by atoms with Crippen molar-refractivity contribution in [3.05, 3.63) is 48.0 Å². The molecule has 1 atom stereocenters. The smallest absolute Gasteiger partial charge is 0.230 e. The average molecular weight is 396 g/mol. The lowest BCUT2D eigenvalue weighted by Crippen LogP contribution is -2.49. The lowest BCUT2D eigenvalue weighted by Gasteiger charge is -2.39. The number of hydrogen-bond acceptors (Lipinski definition) is 6. The minimum atomic E-state index is -0.293. The molecule has 1 aromatic carbocycles. The Morgan fingerprint density at radius 1 is 1.03 bits per heavy atom. The molecule has 2 aliphatic heterocycles. The van der Waals surface area contributed by atoms with Gasteiger partial charge in [0.25, 0.3) is 0 Å². The Morgan fingerprint density at radius 3 is 2.62 bits per heavy atom. The van der Waals surface area contributed by atoms with Gasteiger partial charge in [-0.05, 0) is 37.9 Å². The number of aromatic nitrogens is 2. The van der Waals surface area contributed by atoms with Crippen molar-refractivity contribution in [3.63, 3.8) is 0 Å². The normalized spacial score (nSPS) is 22.3. The summed E-state index contributed by atoms with van der Waals surface area (Å²) >= 11 is 0. The molecule has 0 aliphatic carbocycles. The number of likely N-dealkylation sites (tertiary alicyclic amines) is 2. The molecule has 7 heteroatoms. The Hall–Kier alpha value is -2.67. The number of ether oxygens (including phenoxy) is 2. The highest BCUT2D eigenvalue weighted by molar-refractivity contribution is 5.84. The zero-order valence-electron chi connectivity index (χ0n) is 17.1. The minimum absolute atomic E-state index is 0.255. The Morgan fingerprint density at radius 2 is 1.86 bits per heavy atom. The number of carbonyl (C=O) groups is 1. The lowest BCUT2D eigenvalue weighted by atomic mass is 9.78. The number of amides is 1. The molecule has 1 spiro atoms. The van der Waals surface area contributed by atoms with Gasteiger partial charge in [-0.25, -0.2) is 9.97 Å². The monoisotopic (exact) mass is 396 g/mol. The molecule has 3 heterocycles. The zero-order chi connectivity index (χ0) is 20.3. The van der Waals surface area contributed by atoms with E-state index in [9.17, 15) is 4.79 Å². The number of benzene rings is 1. The van der Waals surface area contributed by atoms with E-state index in [1.165, 1.54) is 0 Å². The van der Waals surface area contributed by atoms with Crippen molar-refractivity contribution >= 4 is 5.91 Å². The van der Waals surface area contributed by atoms with Gasteiger partial charge in [0.2, 0.25) is 5.91 Å². The molecule has 0 radical (unpaired) electrons. The van der Waals surface area contributed by atoms with E-state index in [0.29, 0.717) is 24.6 Å². The van der Waals surface area contributed by atoms with Crippen molar-refractivity contribution in [1.29, 1.82) is 0 Å². The van der Waals surface area contributed by atoms with Crippen LogP contribution in [0, 0.1) is 5.41 Å². The number of nitrogens with zero attached hydrogens (tertiary/aromatic N) is 4. The van der Waals surface area contributed by atoms with Gasteiger partial charge in [0.1, 0.15) is 5.82 Å². The van der Waals surface area contributed by atoms with Crippen molar-refractivity contribution in [1.82, 2.24) is 19.8 Å². The fourth-order valence-corrected chi connectivity index (χ4v) is 4.67. The van der Waals surface area contributed by atoms with Gasteiger partial charge in [-0.3, -0.25) is 9.69 Å². The van der Waals surface area contributed by atoms with Crippen molar-refractivity contribution in [2.24, 2.45) is 5.41 Å². The maximum absolute atomic E-state index is 13.5. The van der Waals surface area contributed by atoms with Crippen LogP contribution in [0.4, 0.5) is 0 Å². The van der Waals surface area contributed by atoms with Crippen LogP contribution in [0.25, 0.3) is 0 Å². The SMILES string of the molecule is COc1cccc(CN2CCC[C@]3(CCN(Cc4ncccn4)C3)C2=O)c1OC. The summed E-state index contributed by atoms with van der Waals surface area (Å²) in [6, 6.07) is 7.65. The Bertz CT molecular complexity index is 860. The van der Waals surface area contributed by atoms with E-state index in [1.54, 1.807) is 26.6 Å². The van der Waals surface area contributed by atoms with Gasteiger partial charge in [0, 0.05) is 37.6 Å². The zero-order valence-corrected chi connectivity index (χ0v) is 17.1. The first-order valence-electron chi connectivity index (χ1n) is 10.1. The molecular weight excluding hydrogens is 368 g/mol. The van der Waals surface area contributed by atoms with Crippen LogP contribution in [-0.4, -0.2) is 59.5 Å². The second-order valence-corrected chi connectivity index (χ2v) is 7.89. The number of carbonyl (C=O) groups excluding carboxylic acids is 1. The Kier molecular flexibility index (Phi) is 5.67. The average Bonchev–Trinajstić information content (AvgIpc) is 3.15. The topological polar surface area (TPSA) is 67.8 Å². The maximum atomic E-state index is 13.5. The molecule has 154 valence electrons. The van der Waals surface area contributed by atoms with E-state index in [0.717, 1.165) is 50.3 Å². The third-order valence-electron chi connectivity index (χ3n) is 6.09. The van der Waals surface area contributed by atoms with Crippen molar-refractivity contribution in [2.75, 3.05) is 33.9 Å². The molecule has 0 unspecified atom stereocenters. The van der Waals surface area contributed by atoms with E-state index < -0.39 is 0 Å². The van der Waals surface area contributed by atoms with Crippen LogP contribution >= 0.6 is 0 Å². The highest BCUT2D eigenvalue weighted by atomic mass is 16.5. The minimum Gasteiger partial charge on any atom is -0.493 e. The summed E-state index contributed by atoms with van der Waals surface area (Å²) in [5.74, 6) is 2.46. The van der Waals surface area contributed by atoms with Crippen LogP contribution in [0.2, 0.25) is 0 Å². The van der Waals surface area contributed by atoms with Crippen LogP contribution in [0.3, 0.4) is 0 Å². The summed E-state index contributed by atoms with van der Waals surface area (Å²) in [7, 11) is 3.27. The quantitative estimate of drug-likeness (QED) is 0.747. The number of methoxy groups -OCH3 is 2. The van der Waals surface area contributed by atoms with E-state index in [4.69, 9.17) is 9.47 Å². The second kappa shape index (κ2) is 8.37. The predicted octanol–water partition coefficient (Wildman–Crippen LogP) is 2.51. The lowest BCUT2D eigenvalue weighted by molar-refractivity contribution is -0.146. The molecule has 0 bridgehead atoms. The maximum Gasteiger partial charge on any atom is 0.230 e. The number of para-hydroxylation sites is 1. The molecule has 4 rings (SSSR count). The van der Waals surface area contributed by atoms with Gasteiger partial charge >= 0.3 is 0 Å². The summed E-state index contributed by atoms with van der Waals surface area (Å²) in [4.78, 5) is 26.5. The fourth-order valence-electron chi connectivity index (χ4n) is 4.67. The van der Waals surface area contributed by atoms with Gasteiger partial charge in [-0.15, -0.1) is 0 Å². The predicted molar refractivity (Wildman–Crippen MR) is 109 cm³/mol. The molecule has 2 fully saturated rings. The van der Waals surface area contributed by atoms with Gasteiger partial charge in [-0.2, -0.15) is 0 Å². The molecule has 0 N–H and O–H groups in total. The highest BCUT2D eigenvalue weighted by Crippen LogP contribution is 2.41. The number of rotatable bonds is 6. The standard InChI is InChI=1S/C22H28N4O3/c1-28-18-7-3-6-17(20(18)29-2)14-26-12-4-8-22(21(26)27)9-13-25(16-22)15-19-23-10-5-11-24-19/h3,5-7,10-11H,4,8-9,12-16H2,1-2H3/t22-/m1/s1. The van der Waals surface area contributed by atoms with Gasteiger partial charge in [0.05, 0.1) is 26.2 Å². The summed E-state index contributed by atoms with van der Waals surface area (Å²) in [5, 5.41) is 0. The van der Waals surface area contributed by atoms with Gasteiger partial charge in [-0.1, -0.05) is 12.1 Å². The summed E-state index contributed by atoms with van der Waals surface area (Å²) < 4.78 is 11.0. The molecular formula is C22H28N4O3. The van der Waals surface area contributed by atoms with Crippen LogP contribution in [-0.2, 0) is 17.9 Å².